The third-order valence-corrected chi connectivity index (χ3v) is 6.02. The van der Waals surface area contributed by atoms with Crippen LogP contribution in [0.25, 0.3) is 11.4 Å². The molecular weight excluding hydrogens is 418 g/mol. The monoisotopic (exact) mass is 449 g/mol. The lowest BCUT2D eigenvalue weighted by molar-refractivity contribution is 0.128. The third-order valence-electron chi connectivity index (χ3n) is 6.02. The molecule has 0 aliphatic heterocycles. The van der Waals surface area contributed by atoms with E-state index in [0.717, 1.165) is 35.5 Å². The lowest BCUT2D eigenvalue weighted by Crippen LogP contribution is -2.25. The highest BCUT2D eigenvalue weighted by Gasteiger charge is 2.22. The first-order valence-electron chi connectivity index (χ1n) is 11.5. The fourth-order valence-corrected chi connectivity index (χ4v) is 4.17. The molecule has 2 aromatic heterocycles. The molecular formula is C25H31N5O3. The average molecular weight is 450 g/mol. The van der Waals surface area contributed by atoms with E-state index in [9.17, 15) is 4.79 Å². The highest BCUT2D eigenvalue weighted by atomic mass is 16.5. The number of nitrogens with zero attached hydrogens (tertiary/aromatic N) is 4. The van der Waals surface area contributed by atoms with Crippen molar-refractivity contribution >= 4 is 6.09 Å². The summed E-state index contributed by atoms with van der Waals surface area (Å²) in [5.74, 6) is 1.51. The molecule has 4 rings (SSSR count). The van der Waals surface area contributed by atoms with Gasteiger partial charge < -0.3 is 14.8 Å². The molecule has 1 amide bonds. The predicted molar refractivity (Wildman–Crippen MR) is 124 cm³/mol. The number of benzene rings is 1. The van der Waals surface area contributed by atoms with Crippen LogP contribution in [0, 0.1) is 12.8 Å². The summed E-state index contributed by atoms with van der Waals surface area (Å²) >= 11 is 0. The summed E-state index contributed by atoms with van der Waals surface area (Å²) in [6.45, 7) is 4.67. The van der Waals surface area contributed by atoms with E-state index in [1.165, 1.54) is 12.8 Å². The van der Waals surface area contributed by atoms with E-state index in [2.05, 4.69) is 22.6 Å². The second-order valence-electron chi connectivity index (χ2n) is 8.72. The molecule has 1 aliphatic carbocycles. The number of ether oxygens (including phenoxy) is 2. The predicted octanol–water partition coefficient (Wildman–Crippen LogP) is 4.57. The van der Waals surface area contributed by atoms with Crippen LogP contribution in [0.3, 0.4) is 0 Å². The van der Waals surface area contributed by atoms with Gasteiger partial charge in [0.05, 0.1) is 29.7 Å². The smallest absolute Gasteiger partial charge is 0.407 e. The van der Waals surface area contributed by atoms with Gasteiger partial charge in [0, 0.05) is 7.05 Å². The number of amides is 1. The van der Waals surface area contributed by atoms with E-state index in [4.69, 9.17) is 14.5 Å². The maximum absolute atomic E-state index is 12.2. The molecule has 1 fully saturated rings. The van der Waals surface area contributed by atoms with Crippen LogP contribution in [0.1, 0.15) is 49.6 Å². The fraction of sp³-hybridized carbons (Fsp3) is 0.440. The third kappa shape index (κ3) is 5.88. The molecule has 2 atom stereocenters. The van der Waals surface area contributed by atoms with Gasteiger partial charge in [-0.1, -0.05) is 48.9 Å². The van der Waals surface area contributed by atoms with Crippen LogP contribution in [0.2, 0.25) is 0 Å². The summed E-state index contributed by atoms with van der Waals surface area (Å²) in [6.07, 6.45) is 4.41. The average Bonchev–Trinajstić information content (AvgIpc) is 3.18. The molecule has 0 bridgehead atoms. The van der Waals surface area contributed by atoms with Crippen LogP contribution in [-0.4, -0.2) is 32.2 Å². The van der Waals surface area contributed by atoms with Gasteiger partial charge in [-0.3, -0.25) is 0 Å². The van der Waals surface area contributed by atoms with Gasteiger partial charge in [0.1, 0.15) is 18.1 Å². The Hall–Kier alpha value is -3.42. The van der Waals surface area contributed by atoms with Crippen molar-refractivity contribution in [1.82, 2.24) is 25.3 Å². The number of pyridine rings is 1. The van der Waals surface area contributed by atoms with Gasteiger partial charge in [-0.05, 0) is 49.8 Å². The number of hydrogen-bond acceptors (Lipinski definition) is 6. The number of nitrogens with one attached hydrogen (secondary N) is 1. The normalized spacial score (nSPS) is 18.0. The summed E-state index contributed by atoms with van der Waals surface area (Å²) in [5, 5.41) is 11.2. The maximum atomic E-state index is 12.2. The van der Waals surface area contributed by atoms with Crippen LogP contribution >= 0.6 is 0 Å². The summed E-state index contributed by atoms with van der Waals surface area (Å²) in [5.41, 5.74) is 3.81. The molecule has 8 heteroatoms. The molecule has 1 aromatic carbocycles. The van der Waals surface area contributed by atoms with Gasteiger partial charge in [-0.2, -0.15) is 0 Å². The molecule has 8 nitrogen and oxygen atoms in total. The summed E-state index contributed by atoms with van der Waals surface area (Å²) < 4.78 is 13.2. The Morgan fingerprint density at radius 2 is 2.00 bits per heavy atom. The minimum Gasteiger partial charge on any atom is -0.489 e. The second kappa shape index (κ2) is 10.5. The standard InChI is InChI=1S/C25H31N5O3/c1-17-8-7-11-20(14-17)33-23-13-12-21(27-18(23)2)24-22(30(3)29-28-24)15-26-25(31)32-16-19-9-5-4-6-10-19/h4-6,9-10,12-13,17,20H,7-8,11,14-16H2,1-3H3,(H,26,31)/t17-,20+/m1/s1. The highest BCUT2D eigenvalue weighted by molar-refractivity contribution is 5.68. The Bertz CT molecular complexity index is 1080. The number of carbonyl (C=O) groups is 1. The summed E-state index contributed by atoms with van der Waals surface area (Å²) in [6, 6.07) is 13.4. The van der Waals surface area contributed by atoms with Crippen molar-refractivity contribution in [1.29, 1.82) is 0 Å². The Labute approximate surface area is 194 Å². The number of alkyl carbamates (subject to hydrolysis) is 1. The molecule has 3 aromatic rings. The van der Waals surface area contributed by atoms with Crippen LogP contribution in [0.15, 0.2) is 42.5 Å². The number of hydrogen-bond donors (Lipinski definition) is 1. The first-order chi connectivity index (χ1) is 16.0. The van der Waals surface area contributed by atoms with Crippen molar-refractivity contribution < 1.29 is 14.3 Å². The first-order valence-corrected chi connectivity index (χ1v) is 11.5. The zero-order valence-corrected chi connectivity index (χ0v) is 19.5. The van der Waals surface area contributed by atoms with E-state index in [1.54, 1.807) is 11.7 Å². The van der Waals surface area contributed by atoms with Gasteiger partial charge in [-0.25, -0.2) is 14.5 Å². The second-order valence-corrected chi connectivity index (χ2v) is 8.72. The molecule has 0 spiro atoms. The van der Waals surface area contributed by atoms with E-state index in [1.807, 2.05) is 49.4 Å². The van der Waals surface area contributed by atoms with Crippen LogP contribution in [0.4, 0.5) is 4.79 Å². The maximum Gasteiger partial charge on any atom is 0.407 e. The van der Waals surface area contributed by atoms with Gasteiger partial charge >= 0.3 is 6.09 Å². The van der Waals surface area contributed by atoms with Gasteiger partial charge in [0.2, 0.25) is 0 Å². The molecule has 2 heterocycles. The van der Waals surface area contributed by atoms with E-state index in [0.29, 0.717) is 17.3 Å². The number of rotatable bonds is 7. The molecule has 33 heavy (non-hydrogen) atoms. The van der Waals surface area contributed by atoms with E-state index < -0.39 is 6.09 Å². The van der Waals surface area contributed by atoms with Crippen LogP contribution in [-0.2, 0) is 24.9 Å². The van der Waals surface area contributed by atoms with Crippen molar-refractivity contribution in [3.8, 4) is 17.1 Å². The quantitative estimate of drug-likeness (QED) is 0.568. The summed E-state index contributed by atoms with van der Waals surface area (Å²) in [4.78, 5) is 16.9. The van der Waals surface area contributed by atoms with Crippen molar-refractivity contribution in [3.63, 3.8) is 0 Å². The van der Waals surface area contributed by atoms with Crippen molar-refractivity contribution in [3.05, 3.63) is 59.4 Å². The van der Waals surface area contributed by atoms with Gasteiger partial charge in [-0.15, -0.1) is 5.10 Å². The minimum absolute atomic E-state index is 0.213. The van der Waals surface area contributed by atoms with E-state index >= 15 is 0 Å². The highest BCUT2D eigenvalue weighted by Crippen LogP contribution is 2.30. The molecule has 0 radical (unpaired) electrons. The minimum atomic E-state index is -0.499. The largest absolute Gasteiger partial charge is 0.489 e. The molecule has 0 saturated heterocycles. The lowest BCUT2D eigenvalue weighted by atomic mass is 9.89. The molecule has 174 valence electrons. The Kier molecular flexibility index (Phi) is 7.22. The molecule has 1 N–H and O–H groups in total. The van der Waals surface area contributed by atoms with Crippen molar-refractivity contribution in [2.45, 2.75) is 58.8 Å². The van der Waals surface area contributed by atoms with Crippen molar-refractivity contribution in [2.75, 3.05) is 0 Å². The fourth-order valence-electron chi connectivity index (χ4n) is 4.17. The molecule has 1 aliphatic rings. The SMILES string of the molecule is Cc1nc(-c2nnn(C)c2CNC(=O)OCc2ccccc2)ccc1O[C@H]1CCC[C@@H](C)C1. The molecule has 1 saturated carbocycles. The number of aryl methyl sites for hydroxylation is 2. The Morgan fingerprint density at radius 3 is 2.76 bits per heavy atom. The Morgan fingerprint density at radius 1 is 1.18 bits per heavy atom. The summed E-state index contributed by atoms with van der Waals surface area (Å²) in [7, 11) is 1.79. The topological polar surface area (TPSA) is 91.2 Å². The van der Waals surface area contributed by atoms with E-state index in [-0.39, 0.29) is 19.3 Å². The van der Waals surface area contributed by atoms with Gasteiger partial charge in [0.15, 0.2) is 0 Å². The van der Waals surface area contributed by atoms with Crippen molar-refractivity contribution in [2.24, 2.45) is 13.0 Å². The van der Waals surface area contributed by atoms with Gasteiger partial charge in [0.25, 0.3) is 0 Å². The zero-order chi connectivity index (χ0) is 23.2. The zero-order valence-electron chi connectivity index (χ0n) is 19.5. The first kappa shape index (κ1) is 22.8. The van der Waals surface area contributed by atoms with Crippen LogP contribution < -0.4 is 10.1 Å². The lowest BCUT2D eigenvalue weighted by Gasteiger charge is -2.27. The number of carbonyl (C=O) groups excluding carboxylic acids is 1. The van der Waals surface area contributed by atoms with Crippen LogP contribution in [0.5, 0.6) is 5.75 Å². The molecule has 0 unspecified atom stereocenters. The Balaban J connectivity index is 1.39. The number of aromatic nitrogens is 4.